The van der Waals surface area contributed by atoms with Crippen LogP contribution in [0.25, 0.3) is 5.69 Å². The van der Waals surface area contributed by atoms with Gasteiger partial charge in [-0.05, 0) is 55.0 Å². The van der Waals surface area contributed by atoms with Crippen molar-refractivity contribution in [1.82, 2.24) is 14.7 Å². The van der Waals surface area contributed by atoms with Crippen molar-refractivity contribution in [2.75, 3.05) is 20.3 Å². The molecule has 0 radical (unpaired) electrons. The van der Waals surface area contributed by atoms with E-state index in [1.807, 2.05) is 81.7 Å². The van der Waals surface area contributed by atoms with Gasteiger partial charge in [-0.15, -0.1) is 11.3 Å². The van der Waals surface area contributed by atoms with Crippen LogP contribution < -0.4 is 9.47 Å². The Bertz CT molecular complexity index is 1310. The number of nitrogens with zero attached hydrogens (tertiary/aromatic N) is 3. The third kappa shape index (κ3) is 5.55. The number of aromatic nitrogens is 2. The number of methoxy groups -OCH3 is 1. The second-order valence-electron chi connectivity index (χ2n) is 8.88. The lowest BCUT2D eigenvalue weighted by atomic mass is 10.1. The lowest BCUT2D eigenvalue weighted by Gasteiger charge is -2.25. The van der Waals surface area contributed by atoms with Crippen molar-refractivity contribution in [3.8, 4) is 23.1 Å². The molecular weight excluding hydrogens is 486 g/mol. The van der Waals surface area contributed by atoms with Crippen molar-refractivity contribution in [3.05, 3.63) is 88.2 Å². The van der Waals surface area contributed by atoms with Crippen LogP contribution in [0, 0.1) is 0 Å². The summed E-state index contributed by atoms with van der Waals surface area (Å²) in [5.74, 6) is 1.77. The summed E-state index contributed by atoms with van der Waals surface area (Å²) in [4.78, 5) is 16.2. The fourth-order valence-corrected chi connectivity index (χ4v) is 5.27. The molecule has 0 aliphatic carbocycles. The van der Waals surface area contributed by atoms with E-state index in [1.165, 1.54) is 11.3 Å². The molecule has 192 valence electrons. The minimum Gasteiger partial charge on any atom is -0.493 e. The summed E-state index contributed by atoms with van der Waals surface area (Å²) in [6.07, 6.45) is 2.68. The molecule has 1 aliphatic rings. The number of hydrogen-bond donors (Lipinski definition) is 0. The molecule has 1 amide bonds. The average molecular weight is 518 g/mol. The summed E-state index contributed by atoms with van der Waals surface area (Å²) in [6.45, 7) is 3.68. The molecule has 5 rings (SSSR count). The first-order valence-corrected chi connectivity index (χ1v) is 13.5. The number of carbonyl (C=O) groups is 1. The van der Waals surface area contributed by atoms with Crippen LogP contribution in [0.3, 0.4) is 0 Å². The second-order valence-corrected chi connectivity index (χ2v) is 9.83. The highest BCUT2D eigenvalue weighted by Crippen LogP contribution is 2.36. The third-order valence-electron chi connectivity index (χ3n) is 6.45. The number of hydrogen-bond acceptors (Lipinski definition) is 6. The van der Waals surface area contributed by atoms with Crippen molar-refractivity contribution >= 4 is 17.2 Å². The normalized spacial score (nSPS) is 15.0. The molecule has 1 atom stereocenters. The van der Waals surface area contributed by atoms with Crippen LogP contribution in [0.15, 0.2) is 72.1 Å². The summed E-state index contributed by atoms with van der Waals surface area (Å²) < 4.78 is 19.8. The molecule has 0 bridgehead atoms. The molecule has 0 saturated carbocycles. The second kappa shape index (κ2) is 11.6. The number of rotatable bonds is 10. The van der Waals surface area contributed by atoms with Gasteiger partial charge in [0.15, 0.2) is 11.5 Å². The van der Waals surface area contributed by atoms with Gasteiger partial charge in [0.05, 0.1) is 41.6 Å². The number of thiophene rings is 1. The molecule has 2 aromatic carbocycles. The first-order valence-electron chi connectivity index (χ1n) is 12.6. The number of carbonyl (C=O) groups excluding carboxylic acids is 1. The molecule has 37 heavy (non-hydrogen) atoms. The van der Waals surface area contributed by atoms with E-state index >= 15 is 0 Å². The first kappa shape index (κ1) is 25.0. The summed E-state index contributed by atoms with van der Waals surface area (Å²) in [5.41, 5.74) is 2.63. The molecule has 0 N–H and O–H groups in total. The van der Waals surface area contributed by atoms with Gasteiger partial charge in [-0.2, -0.15) is 5.10 Å². The molecule has 1 saturated heterocycles. The Labute approximate surface area is 221 Å². The van der Waals surface area contributed by atoms with E-state index in [2.05, 4.69) is 6.92 Å². The molecule has 7 nitrogen and oxygen atoms in total. The standard InChI is InChI=1S/C29H31N3O4S/c1-3-24-23(20-31(19-22-13-9-17-35-22)28(33)27-16-10-18-37-27)29(32(30-24)21-11-5-4-6-12-21)36-26-15-8-7-14-25(26)34-2/h4-8,10-12,14-16,18,22H,3,9,13,17,19-20H2,1-2H3/t22-/m1/s1. The van der Waals surface area contributed by atoms with Crippen LogP contribution in [0.2, 0.25) is 0 Å². The number of para-hydroxylation sites is 3. The minimum absolute atomic E-state index is 0.0109. The molecule has 3 heterocycles. The zero-order valence-corrected chi connectivity index (χ0v) is 21.9. The lowest BCUT2D eigenvalue weighted by Crippen LogP contribution is -2.36. The Morgan fingerprint density at radius 1 is 1.11 bits per heavy atom. The molecule has 0 unspecified atom stereocenters. The van der Waals surface area contributed by atoms with Gasteiger partial charge in [0.2, 0.25) is 5.88 Å². The van der Waals surface area contributed by atoms with Crippen LogP contribution in [0.4, 0.5) is 0 Å². The predicted octanol–water partition coefficient (Wildman–Crippen LogP) is 6.12. The molecule has 0 spiro atoms. The fourth-order valence-electron chi connectivity index (χ4n) is 4.58. The Morgan fingerprint density at radius 3 is 2.57 bits per heavy atom. The average Bonchev–Trinajstić information content (AvgIpc) is 3.71. The van der Waals surface area contributed by atoms with Gasteiger partial charge in [0, 0.05) is 13.2 Å². The SMILES string of the molecule is CCc1nn(-c2ccccc2)c(Oc2ccccc2OC)c1CN(C[C@H]1CCCO1)C(=O)c1cccs1. The first-order chi connectivity index (χ1) is 18.2. The Hall–Kier alpha value is -3.62. The van der Waals surface area contributed by atoms with Gasteiger partial charge in [-0.25, -0.2) is 4.68 Å². The van der Waals surface area contributed by atoms with E-state index in [0.717, 1.165) is 36.4 Å². The van der Waals surface area contributed by atoms with Gasteiger partial charge in [-0.1, -0.05) is 43.3 Å². The quantitative estimate of drug-likeness (QED) is 0.254. The van der Waals surface area contributed by atoms with Gasteiger partial charge >= 0.3 is 0 Å². The number of aryl methyl sites for hydroxylation is 1. The van der Waals surface area contributed by atoms with Gasteiger partial charge in [0.25, 0.3) is 5.91 Å². The summed E-state index contributed by atoms with van der Waals surface area (Å²) >= 11 is 1.45. The fraction of sp³-hybridized carbons (Fsp3) is 0.310. The summed E-state index contributed by atoms with van der Waals surface area (Å²) in [5, 5.41) is 6.87. The van der Waals surface area contributed by atoms with E-state index in [0.29, 0.717) is 41.8 Å². The lowest BCUT2D eigenvalue weighted by molar-refractivity contribution is 0.0509. The minimum atomic E-state index is -0.0109. The molecular formula is C29H31N3O4S. The zero-order valence-electron chi connectivity index (χ0n) is 21.1. The van der Waals surface area contributed by atoms with Gasteiger partial charge < -0.3 is 19.1 Å². The molecule has 8 heteroatoms. The van der Waals surface area contributed by atoms with Crippen LogP contribution in [0.5, 0.6) is 17.4 Å². The Kier molecular flexibility index (Phi) is 7.87. The van der Waals surface area contributed by atoms with Crippen molar-refractivity contribution in [2.24, 2.45) is 0 Å². The Morgan fingerprint density at radius 2 is 1.89 bits per heavy atom. The number of amides is 1. The molecule has 1 aliphatic heterocycles. The largest absolute Gasteiger partial charge is 0.493 e. The zero-order chi connectivity index (χ0) is 25.6. The van der Waals surface area contributed by atoms with E-state index in [-0.39, 0.29) is 12.0 Å². The number of benzene rings is 2. The predicted molar refractivity (Wildman–Crippen MR) is 144 cm³/mol. The third-order valence-corrected chi connectivity index (χ3v) is 7.30. The van der Waals surface area contributed by atoms with E-state index < -0.39 is 0 Å². The number of ether oxygens (including phenoxy) is 3. The van der Waals surface area contributed by atoms with Crippen LogP contribution in [-0.2, 0) is 17.7 Å². The molecule has 1 fully saturated rings. The highest BCUT2D eigenvalue weighted by molar-refractivity contribution is 7.12. The van der Waals surface area contributed by atoms with Crippen LogP contribution >= 0.6 is 11.3 Å². The van der Waals surface area contributed by atoms with E-state index in [4.69, 9.17) is 19.3 Å². The van der Waals surface area contributed by atoms with Gasteiger partial charge in [-0.3, -0.25) is 4.79 Å². The van der Waals surface area contributed by atoms with E-state index in [9.17, 15) is 4.79 Å². The topological polar surface area (TPSA) is 65.8 Å². The maximum absolute atomic E-state index is 13.6. The highest BCUT2D eigenvalue weighted by atomic mass is 32.1. The summed E-state index contributed by atoms with van der Waals surface area (Å²) in [7, 11) is 1.62. The van der Waals surface area contributed by atoms with Gasteiger partial charge in [0.1, 0.15) is 0 Å². The Balaban J connectivity index is 1.58. The maximum atomic E-state index is 13.6. The maximum Gasteiger partial charge on any atom is 0.264 e. The summed E-state index contributed by atoms with van der Waals surface area (Å²) in [6, 6.07) is 21.2. The van der Waals surface area contributed by atoms with Crippen LogP contribution in [0.1, 0.15) is 40.7 Å². The monoisotopic (exact) mass is 517 g/mol. The van der Waals surface area contributed by atoms with Crippen LogP contribution in [-0.4, -0.2) is 47.0 Å². The van der Waals surface area contributed by atoms with Crippen molar-refractivity contribution in [1.29, 1.82) is 0 Å². The smallest absolute Gasteiger partial charge is 0.264 e. The highest BCUT2D eigenvalue weighted by Gasteiger charge is 2.29. The molecule has 2 aromatic heterocycles. The molecule has 4 aromatic rings. The van der Waals surface area contributed by atoms with E-state index in [1.54, 1.807) is 7.11 Å². The van der Waals surface area contributed by atoms with Crippen molar-refractivity contribution in [2.45, 2.75) is 38.8 Å². The van der Waals surface area contributed by atoms with Crippen molar-refractivity contribution < 1.29 is 19.0 Å². The van der Waals surface area contributed by atoms with Crippen molar-refractivity contribution in [3.63, 3.8) is 0 Å².